The first-order valence-corrected chi connectivity index (χ1v) is 10.8. The molecule has 2 fully saturated rings. The van der Waals surface area contributed by atoms with Gasteiger partial charge in [-0.1, -0.05) is 0 Å². The summed E-state index contributed by atoms with van der Waals surface area (Å²) < 4.78 is 12.6. The summed E-state index contributed by atoms with van der Waals surface area (Å²) in [5.41, 5.74) is 0. The molecule has 6 heterocycles. The molecule has 2 aromatic heterocycles. The van der Waals surface area contributed by atoms with Crippen LogP contribution in [-0.4, -0.2) is 48.4 Å². The molecule has 0 aromatic carbocycles. The molecule has 6 rings (SSSR count). The first-order valence-electron chi connectivity index (χ1n) is 9.69. The van der Waals surface area contributed by atoms with Crippen LogP contribution in [0.25, 0.3) is 0 Å². The molecule has 0 spiro atoms. The zero-order valence-corrected chi connectivity index (χ0v) is 17.3. The Morgan fingerprint density at radius 3 is 2.41 bits per heavy atom. The number of hydrogen-bond acceptors (Lipinski definition) is 6. The fourth-order valence-electron chi connectivity index (χ4n) is 4.40. The maximum atomic E-state index is 5.76. The number of hydrogen-bond donors (Lipinski definition) is 0. The monoisotopic (exact) mass is 478 g/mol. The molecule has 0 aliphatic carbocycles. The molecule has 0 N–H and O–H groups in total. The van der Waals surface area contributed by atoms with Crippen molar-refractivity contribution in [1.29, 1.82) is 0 Å². The third-order valence-electron chi connectivity index (χ3n) is 5.74. The summed E-state index contributed by atoms with van der Waals surface area (Å²) >= 11 is 2.31. The highest BCUT2D eigenvalue weighted by molar-refractivity contribution is 14.1. The summed E-state index contributed by atoms with van der Waals surface area (Å²) in [6.45, 7) is 3.93. The molecular formula is C20H23IN4O2. The topological polar surface area (TPSA) is 50.7 Å². The molecular weight excluding hydrogens is 455 g/mol. The van der Waals surface area contributed by atoms with Gasteiger partial charge in [0.05, 0.1) is 15.7 Å². The van der Waals surface area contributed by atoms with Crippen LogP contribution in [0.5, 0.6) is 11.5 Å². The number of aromatic nitrogens is 2. The average molecular weight is 478 g/mol. The minimum Gasteiger partial charge on any atom is -0.488 e. The zero-order chi connectivity index (χ0) is 18.2. The van der Waals surface area contributed by atoms with Gasteiger partial charge in [0.1, 0.15) is 13.2 Å². The van der Waals surface area contributed by atoms with E-state index >= 15 is 0 Å². The van der Waals surface area contributed by atoms with Crippen LogP contribution in [0, 0.1) is 3.57 Å². The highest BCUT2D eigenvalue weighted by atomic mass is 127. The third-order valence-corrected chi connectivity index (χ3v) is 6.59. The first kappa shape index (κ1) is 17.3. The van der Waals surface area contributed by atoms with Gasteiger partial charge >= 0.3 is 0 Å². The van der Waals surface area contributed by atoms with Crippen LogP contribution >= 0.6 is 22.6 Å². The Morgan fingerprint density at radius 1 is 0.889 bits per heavy atom. The second-order valence-corrected chi connectivity index (χ2v) is 8.53. The Kier molecular flexibility index (Phi) is 4.71. The lowest BCUT2D eigenvalue weighted by molar-refractivity contribution is 0.268. The second kappa shape index (κ2) is 7.33. The van der Waals surface area contributed by atoms with E-state index in [4.69, 9.17) is 9.47 Å². The first-order chi connectivity index (χ1) is 13.3. The maximum Gasteiger partial charge on any atom is 0.175 e. The highest BCUT2D eigenvalue weighted by Crippen LogP contribution is 2.38. The molecule has 2 saturated heterocycles. The van der Waals surface area contributed by atoms with Crippen molar-refractivity contribution in [3.05, 3.63) is 34.2 Å². The molecule has 0 bridgehead atoms. The molecule has 2 aromatic rings. The second-order valence-electron chi connectivity index (χ2n) is 7.37. The molecule has 142 valence electrons. The van der Waals surface area contributed by atoms with Crippen LogP contribution in [0.3, 0.4) is 0 Å². The van der Waals surface area contributed by atoms with E-state index in [2.05, 4.69) is 42.4 Å². The standard InChI is InChI=1S/C10H11IN2O.C10H12N2O/c11-8-3-4-12-10-9(8)14-6-7-2-1-5-13(7)10;1-4-9-10(11-5-1)12-6-2-3-8(12)7-13-9/h3-4,7H,1-2,5-6H2;1,4-5,8H,2-3,6-7H2/t7-;8-/m00/s1. The van der Waals surface area contributed by atoms with E-state index in [1.807, 2.05) is 30.6 Å². The average Bonchev–Trinajstić information content (AvgIpc) is 3.38. The van der Waals surface area contributed by atoms with Gasteiger partial charge in [-0.3, -0.25) is 0 Å². The molecule has 0 amide bonds. The Hall–Kier alpha value is -1.77. The van der Waals surface area contributed by atoms with Crippen molar-refractivity contribution in [3.63, 3.8) is 0 Å². The van der Waals surface area contributed by atoms with E-state index < -0.39 is 0 Å². The molecule has 0 saturated carbocycles. The van der Waals surface area contributed by atoms with Crippen molar-refractivity contribution >= 4 is 34.2 Å². The summed E-state index contributed by atoms with van der Waals surface area (Å²) in [7, 11) is 0. The fraction of sp³-hybridized carbons (Fsp3) is 0.500. The SMILES string of the molecule is Ic1ccnc2c1OC[C@@H]1CCCN21.c1cnc2c(c1)OC[C@@H]1CCCN21. The fourth-order valence-corrected chi connectivity index (χ4v) is 4.96. The largest absolute Gasteiger partial charge is 0.488 e. The highest BCUT2D eigenvalue weighted by Gasteiger charge is 2.33. The number of rotatable bonds is 0. The van der Waals surface area contributed by atoms with Gasteiger partial charge in [-0.25, -0.2) is 9.97 Å². The number of pyridine rings is 2. The van der Waals surface area contributed by atoms with Gasteiger partial charge in [0.2, 0.25) is 0 Å². The van der Waals surface area contributed by atoms with Crippen molar-refractivity contribution in [2.24, 2.45) is 0 Å². The Labute approximate surface area is 173 Å². The van der Waals surface area contributed by atoms with Crippen molar-refractivity contribution in [1.82, 2.24) is 9.97 Å². The number of fused-ring (bicyclic) bond motifs is 6. The molecule has 0 unspecified atom stereocenters. The van der Waals surface area contributed by atoms with Crippen molar-refractivity contribution in [2.45, 2.75) is 37.8 Å². The summed E-state index contributed by atoms with van der Waals surface area (Å²) in [6.07, 6.45) is 8.72. The van der Waals surface area contributed by atoms with E-state index in [0.29, 0.717) is 12.1 Å². The predicted molar refractivity (Wildman–Crippen MR) is 113 cm³/mol. The molecule has 2 atom stereocenters. The van der Waals surface area contributed by atoms with Crippen molar-refractivity contribution in [2.75, 3.05) is 36.1 Å². The minimum atomic E-state index is 0.563. The lowest BCUT2D eigenvalue weighted by atomic mass is 10.2. The van der Waals surface area contributed by atoms with Crippen LogP contribution in [-0.2, 0) is 0 Å². The zero-order valence-electron chi connectivity index (χ0n) is 15.2. The number of ether oxygens (including phenoxy) is 2. The number of nitrogens with zero attached hydrogens (tertiary/aromatic N) is 4. The summed E-state index contributed by atoms with van der Waals surface area (Å²) in [5, 5.41) is 0. The van der Waals surface area contributed by atoms with Crippen LogP contribution in [0.2, 0.25) is 0 Å². The quantitative estimate of drug-likeness (QED) is 0.541. The smallest absolute Gasteiger partial charge is 0.175 e. The predicted octanol–water partition coefficient (Wildman–Crippen LogP) is 3.49. The van der Waals surface area contributed by atoms with Gasteiger partial charge in [0.15, 0.2) is 23.1 Å². The minimum absolute atomic E-state index is 0.563. The van der Waals surface area contributed by atoms with Crippen molar-refractivity contribution in [3.8, 4) is 11.5 Å². The number of anilines is 2. The van der Waals surface area contributed by atoms with E-state index in [1.54, 1.807) is 0 Å². The van der Waals surface area contributed by atoms with Crippen LogP contribution in [0.1, 0.15) is 25.7 Å². The van der Waals surface area contributed by atoms with Crippen LogP contribution in [0.15, 0.2) is 30.6 Å². The summed E-state index contributed by atoms with van der Waals surface area (Å²) in [6, 6.07) is 7.05. The van der Waals surface area contributed by atoms with E-state index in [-0.39, 0.29) is 0 Å². The molecule has 4 aliphatic rings. The molecule has 4 aliphatic heterocycles. The summed E-state index contributed by atoms with van der Waals surface area (Å²) in [5.74, 6) is 4.01. The van der Waals surface area contributed by atoms with Gasteiger partial charge < -0.3 is 19.3 Å². The van der Waals surface area contributed by atoms with Gasteiger partial charge in [-0.2, -0.15) is 0 Å². The van der Waals surface area contributed by atoms with Crippen molar-refractivity contribution < 1.29 is 9.47 Å². The molecule has 27 heavy (non-hydrogen) atoms. The van der Waals surface area contributed by atoms with Crippen LogP contribution in [0.4, 0.5) is 11.6 Å². The lowest BCUT2D eigenvalue weighted by Gasteiger charge is -2.32. The van der Waals surface area contributed by atoms with Gasteiger partial charge in [-0.15, -0.1) is 0 Å². The maximum absolute atomic E-state index is 5.76. The molecule has 6 nitrogen and oxygen atoms in total. The molecule has 0 radical (unpaired) electrons. The third kappa shape index (κ3) is 3.19. The van der Waals surface area contributed by atoms with Gasteiger partial charge in [-0.05, 0) is 66.5 Å². The van der Waals surface area contributed by atoms with Crippen LogP contribution < -0.4 is 19.3 Å². The Bertz CT molecular complexity index is 833. The molecule has 7 heteroatoms. The lowest BCUT2D eigenvalue weighted by Crippen LogP contribution is -2.38. The number of halogens is 1. The normalized spacial score (nSPS) is 24.5. The van der Waals surface area contributed by atoms with E-state index in [1.165, 1.54) is 25.7 Å². The Balaban J connectivity index is 0.000000119. The Morgan fingerprint density at radius 2 is 1.59 bits per heavy atom. The van der Waals surface area contributed by atoms with Gasteiger partial charge in [0, 0.05) is 25.5 Å². The van der Waals surface area contributed by atoms with Gasteiger partial charge in [0.25, 0.3) is 0 Å². The summed E-state index contributed by atoms with van der Waals surface area (Å²) in [4.78, 5) is 13.5. The van der Waals surface area contributed by atoms with E-state index in [9.17, 15) is 0 Å². The van der Waals surface area contributed by atoms with E-state index in [0.717, 1.165) is 53.0 Å².